The highest BCUT2D eigenvalue weighted by Crippen LogP contribution is 2.38. The van der Waals surface area contributed by atoms with E-state index in [9.17, 15) is 28.4 Å². The van der Waals surface area contributed by atoms with Gasteiger partial charge in [-0.15, -0.1) is 0 Å². The molecule has 58 heavy (non-hydrogen) atoms. The summed E-state index contributed by atoms with van der Waals surface area (Å²) >= 11 is 12.8. The Labute approximate surface area is 343 Å². The van der Waals surface area contributed by atoms with Crippen LogP contribution < -0.4 is 24.3 Å². The van der Waals surface area contributed by atoms with Gasteiger partial charge in [0.2, 0.25) is 0 Å². The van der Waals surface area contributed by atoms with E-state index in [0.29, 0.717) is 28.2 Å². The third-order valence-corrected chi connectivity index (χ3v) is 11.3. The van der Waals surface area contributed by atoms with Gasteiger partial charge in [-0.25, -0.2) is 9.59 Å². The van der Waals surface area contributed by atoms with Crippen LogP contribution in [0.25, 0.3) is 0 Å². The molecular weight excluding hydrogens is 799 g/mol. The normalized spacial score (nSPS) is 19.5. The van der Waals surface area contributed by atoms with Crippen LogP contribution in [0.15, 0.2) is 79.1 Å². The maximum atomic E-state index is 13.9. The molecule has 1 aromatic heterocycles. The fraction of sp³-hybridized carbons (Fsp3) is 0.381. The number of nitrogens with zero attached hydrogens (tertiary/aromatic N) is 2. The van der Waals surface area contributed by atoms with Gasteiger partial charge < -0.3 is 34.2 Å². The van der Waals surface area contributed by atoms with E-state index in [2.05, 4.69) is 10.2 Å². The van der Waals surface area contributed by atoms with E-state index in [1.807, 2.05) is 0 Å². The summed E-state index contributed by atoms with van der Waals surface area (Å²) < 4.78 is 55.3. The summed E-state index contributed by atoms with van der Waals surface area (Å²) in [7, 11) is 1.46. The lowest BCUT2D eigenvalue weighted by atomic mass is 9.86. The number of carbonyl (C=O) groups is 3. The first kappa shape index (κ1) is 41.0. The van der Waals surface area contributed by atoms with E-state index in [4.69, 9.17) is 46.9 Å². The molecule has 1 saturated carbocycles. The molecule has 8 rings (SSSR count). The summed E-state index contributed by atoms with van der Waals surface area (Å²) in [6.45, 7) is -0.305. The molecule has 1 N–H and O–H groups in total. The van der Waals surface area contributed by atoms with Crippen molar-refractivity contribution < 1.29 is 51.6 Å². The monoisotopic (exact) mass is 839 g/mol. The molecule has 4 fully saturated rings. The fourth-order valence-electron chi connectivity index (χ4n) is 7.29. The molecule has 3 atom stereocenters. The number of ether oxygens (including phenoxy) is 5. The smallest absolute Gasteiger partial charge is 0.387 e. The van der Waals surface area contributed by atoms with Crippen molar-refractivity contribution in [1.82, 2.24) is 10.2 Å². The fourth-order valence-corrected chi connectivity index (χ4v) is 7.89. The molecule has 3 saturated heterocycles. The Kier molecular flexibility index (Phi) is 12.8. The van der Waals surface area contributed by atoms with Crippen LogP contribution >= 0.6 is 23.2 Å². The molecule has 4 aliphatic rings. The Hall–Kier alpha value is -5.18. The van der Waals surface area contributed by atoms with Crippen LogP contribution in [0.3, 0.4) is 0 Å². The van der Waals surface area contributed by atoms with Crippen molar-refractivity contribution in [1.29, 1.82) is 0 Å². The number of nitrogens with one attached hydrogen (secondary N) is 1. The lowest BCUT2D eigenvalue weighted by molar-refractivity contribution is -0.605. The summed E-state index contributed by atoms with van der Waals surface area (Å²) in [5.74, 6) is -1.47. The van der Waals surface area contributed by atoms with Crippen molar-refractivity contribution in [3.05, 3.63) is 122 Å². The average molecular weight is 841 g/mol. The van der Waals surface area contributed by atoms with E-state index in [-0.39, 0.29) is 69.2 Å². The van der Waals surface area contributed by atoms with Gasteiger partial charge in [0.1, 0.15) is 28.0 Å². The molecule has 4 aromatic rings. The summed E-state index contributed by atoms with van der Waals surface area (Å²) in [5, 5.41) is 14.8. The largest absolute Gasteiger partial charge is 0.619 e. The Bertz CT molecular complexity index is 2130. The minimum absolute atomic E-state index is 0.00158. The molecular formula is C42H41Cl2F2N3O9. The number of hydrogen-bond donors (Lipinski definition) is 1. The number of methoxy groups -OCH3 is 1. The molecule has 4 heterocycles. The standard InChI is InChI=1S/C42H41Cl2F2N3O9/c1-54-33-8-3-2-7-29(33)38(41(52)57-37-22-48-15-13-25(37)14-16-48)47-39(50)27-5-4-6-28(17-27)40(51)56-35(19-30-31(43)20-49(53)21-32(30)44)26-11-12-34(58-42(45)46)36(18-26)55-23-24-9-10-24/h2-8,11-12,17-18,20-21,24-25,35,37-38,42H,9-10,13-16,19,22-23H2,1H3,(H,47,50)/t35-,37-,38?/m0/s1. The lowest BCUT2D eigenvalue weighted by Crippen LogP contribution is -2.52. The van der Waals surface area contributed by atoms with Gasteiger partial charge in [-0.05, 0) is 92.6 Å². The van der Waals surface area contributed by atoms with Crippen LogP contribution in [0.1, 0.15) is 75.2 Å². The van der Waals surface area contributed by atoms with Crippen molar-refractivity contribution in [2.75, 3.05) is 33.4 Å². The molecule has 3 aliphatic heterocycles. The molecule has 2 bridgehead atoms. The van der Waals surface area contributed by atoms with Crippen LogP contribution in [-0.4, -0.2) is 68.8 Å². The molecule has 0 spiro atoms. The summed E-state index contributed by atoms with van der Waals surface area (Å²) in [4.78, 5) is 44.0. The number of pyridine rings is 1. The summed E-state index contributed by atoms with van der Waals surface area (Å²) in [6.07, 6.45) is 4.32. The van der Waals surface area contributed by atoms with Crippen molar-refractivity contribution in [3.63, 3.8) is 0 Å². The minimum Gasteiger partial charge on any atom is -0.619 e. The summed E-state index contributed by atoms with van der Waals surface area (Å²) in [6, 6.07) is 15.5. The van der Waals surface area contributed by atoms with Gasteiger partial charge in [-0.3, -0.25) is 9.69 Å². The second-order valence-electron chi connectivity index (χ2n) is 14.6. The zero-order valence-electron chi connectivity index (χ0n) is 31.4. The highest BCUT2D eigenvalue weighted by atomic mass is 35.5. The second kappa shape index (κ2) is 18.2. The number of carbonyl (C=O) groups excluding carboxylic acids is 3. The minimum atomic E-state index is -3.12. The third kappa shape index (κ3) is 9.91. The van der Waals surface area contributed by atoms with E-state index >= 15 is 0 Å². The molecule has 1 aliphatic carbocycles. The van der Waals surface area contributed by atoms with Crippen LogP contribution in [0.5, 0.6) is 17.2 Å². The number of fused-ring (bicyclic) bond motifs is 3. The number of rotatable bonds is 16. The number of piperidine rings is 3. The number of aromatic nitrogens is 1. The number of hydrogen-bond acceptors (Lipinski definition) is 10. The topological polar surface area (TPSA) is 140 Å². The van der Waals surface area contributed by atoms with Crippen molar-refractivity contribution in [3.8, 4) is 17.2 Å². The molecule has 12 nitrogen and oxygen atoms in total. The SMILES string of the molecule is COc1ccccc1C(NC(=O)c1cccc(C(=O)O[C@@H](Cc2c(Cl)c[n+]([O-])cc2Cl)c2ccc(OC(F)F)c(OCC3CC3)c2)c1)C(=O)O[C@H]1CN2CCC1CC2. The molecule has 3 aromatic carbocycles. The number of benzene rings is 3. The van der Waals surface area contributed by atoms with E-state index in [0.717, 1.165) is 51.2 Å². The Balaban J connectivity index is 1.14. The predicted octanol–water partition coefficient (Wildman–Crippen LogP) is 7.27. The summed E-state index contributed by atoms with van der Waals surface area (Å²) in [5.41, 5.74) is 1.02. The van der Waals surface area contributed by atoms with E-state index in [1.54, 1.807) is 24.3 Å². The van der Waals surface area contributed by atoms with Gasteiger partial charge >= 0.3 is 18.6 Å². The van der Waals surface area contributed by atoms with Gasteiger partial charge in [-0.2, -0.15) is 13.5 Å². The number of esters is 2. The van der Waals surface area contributed by atoms with E-state index in [1.165, 1.54) is 49.6 Å². The first-order chi connectivity index (χ1) is 27.9. The van der Waals surface area contributed by atoms with Crippen molar-refractivity contribution >= 4 is 41.0 Å². The van der Waals surface area contributed by atoms with Gasteiger partial charge in [0, 0.05) is 29.7 Å². The van der Waals surface area contributed by atoms with Crippen molar-refractivity contribution in [2.45, 2.75) is 57.0 Å². The van der Waals surface area contributed by atoms with Crippen LogP contribution in [0.2, 0.25) is 10.0 Å². The highest BCUT2D eigenvalue weighted by Gasteiger charge is 2.39. The Morgan fingerprint density at radius 2 is 1.64 bits per heavy atom. The molecule has 306 valence electrons. The maximum absolute atomic E-state index is 13.9. The van der Waals surface area contributed by atoms with Crippen LogP contribution in [-0.2, 0) is 20.7 Å². The molecule has 16 heteroatoms. The number of alkyl halides is 2. The number of amides is 1. The Morgan fingerprint density at radius 1 is 0.914 bits per heavy atom. The first-order valence-corrected chi connectivity index (χ1v) is 19.7. The highest BCUT2D eigenvalue weighted by molar-refractivity contribution is 6.35. The third-order valence-electron chi connectivity index (χ3n) is 10.6. The average Bonchev–Trinajstić information content (AvgIpc) is 4.05. The molecule has 0 radical (unpaired) electrons. The first-order valence-electron chi connectivity index (χ1n) is 18.9. The quantitative estimate of drug-likeness (QED) is 0.0696. The maximum Gasteiger partial charge on any atom is 0.387 e. The van der Waals surface area contributed by atoms with Crippen molar-refractivity contribution in [2.24, 2.45) is 11.8 Å². The Morgan fingerprint density at radius 3 is 2.31 bits per heavy atom. The number of halogens is 4. The second-order valence-corrected chi connectivity index (χ2v) is 15.4. The van der Waals surface area contributed by atoms with Gasteiger partial charge in [-0.1, -0.05) is 53.5 Å². The zero-order valence-corrected chi connectivity index (χ0v) is 32.9. The van der Waals surface area contributed by atoms with Gasteiger partial charge in [0.25, 0.3) is 5.91 Å². The predicted molar refractivity (Wildman–Crippen MR) is 207 cm³/mol. The van der Waals surface area contributed by atoms with Crippen LogP contribution in [0.4, 0.5) is 8.78 Å². The zero-order chi connectivity index (χ0) is 40.9. The molecule has 1 unspecified atom stereocenters. The van der Waals surface area contributed by atoms with E-state index < -0.39 is 36.6 Å². The van der Waals surface area contributed by atoms with Gasteiger partial charge in [0.05, 0.1) is 19.3 Å². The van der Waals surface area contributed by atoms with Crippen LogP contribution in [0, 0.1) is 17.0 Å². The lowest BCUT2D eigenvalue weighted by Gasteiger charge is -2.44. The van der Waals surface area contributed by atoms with Gasteiger partial charge in [0.15, 0.2) is 29.9 Å². The number of para-hydroxylation sites is 1. The molecule has 1 amide bonds.